The van der Waals surface area contributed by atoms with Gasteiger partial charge in [0.1, 0.15) is 5.76 Å². The molecule has 2 aliphatic heterocycles. The smallest absolute Gasteiger partial charge is 0.226 e. The number of furan rings is 1. The molecule has 0 bridgehead atoms. The number of nitrogens with zero attached hydrogens (tertiary/aromatic N) is 4. The molecule has 144 valence electrons. The highest BCUT2D eigenvalue weighted by atomic mass is 16.3. The normalized spacial score (nSPS) is 22.1. The standard InChI is InChI=1S/C20H27N5O2/c21-20-22-8-5-18(23-20)15-6-10-25(11-7-15)19(26)16-3-1-9-24(13-16)14-17-4-2-12-27-17/h2,4-5,8,12,15-16H,1,3,6-7,9-11,13-14H2,(H2,21,22,23). The maximum absolute atomic E-state index is 13.0. The number of carbonyl (C=O) groups is 1. The second-order valence-corrected chi connectivity index (χ2v) is 7.59. The monoisotopic (exact) mass is 369 g/mol. The zero-order chi connectivity index (χ0) is 18.6. The number of likely N-dealkylation sites (tertiary alicyclic amines) is 2. The van der Waals surface area contributed by atoms with Crippen molar-refractivity contribution in [3.8, 4) is 0 Å². The van der Waals surface area contributed by atoms with Crippen LogP contribution in [0.25, 0.3) is 0 Å². The number of nitrogens with two attached hydrogens (primary N) is 1. The van der Waals surface area contributed by atoms with Gasteiger partial charge in [-0.1, -0.05) is 0 Å². The number of nitrogen functional groups attached to an aromatic ring is 1. The Bertz CT molecular complexity index is 755. The lowest BCUT2D eigenvalue weighted by molar-refractivity contribution is -0.138. The van der Waals surface area contributed by atoms with Crippen molar-refractivity contribution in [1.29, 1.82) is 0 Å². The maximum Gasteiger partial charge on any atom is 0.226 e. The van der Waals surface area contributed by atoms with Crippen molar-refractivity contribution in [3.05, 3.63) is 42.1 Å². The van der Waals surface area contributed by atoms with Crippen molar-refractivity contribution in [2.24, 2.45) is 5.92 Å². The zero-order valence-corrected chi connectivity index (χ0v) is 15.6. The van der Waals surface area contributed by atoms with E-state index in [1.165, 1.54) is 0 Å². The fraction of sp³-hybridized carbons (Fsp3) is 0.550. The lowest BCUT2D eigenvalue weighted by atomic mass is 9.91. The van der Waals surface area contributed by atoms with E-state index >= 15 is 0 Å². The van der Waals surface area contributed by atoms with Crippen molar-refractivity contribution in [2.45, 2.75) is 38.1 Å². The first-order valence-corrected chi connectivity index (χ1v) is 9.81. The highest BCUT2D eigenvalue weighted by Crippen LogP contribution is 2.29. The van der Waals surface area contributed by atoms with E-state index in [4.69, 9.17) is 10.2 Å². The first-order chi connectivity index (χ1) is 13.2. The Labute approximate surface area is 159 Å². The molecule has 2 aromatic heterocycles. The molecule has 0 radical (unpaired) electrons. The van der Waals surface area contributed by atoms with Crippen molar-refractivity contribution in [3.63, 3.8) is 0 Å². The average Bonchev–Trinajstić information content (AvgIpc) is 3.21. The molecule has 1 atom stereocenters. The summed E-state index contributed by atoms with van der Waals surface area (Å²) in [6.45, 7) is 4.22. The Balaban J connectivity index is 1.31. The molecule has 0 spiro atoms. The van der Waals surface area contributed by atoms with Crippen LogP contribution in [0.2, 0.25) is 0 Å². The quantitative estimate of drug-likeness (QED) is 0.889. The van der Waals surface area contributed by atoms with E-state index in [0.717, 1.165) is 69.9 Å². The predicted molar refractivity (Wildman–Crippen MR) is 102 cm³/mol. The zero-order valence-electron chi connectivity index (χ0n) is 15.6. The van der Waals surface area contributed by atoms with Crippen LogP contribution in [0.3, 0.4) is 0 Å². The van der Waals surface area contributed by atoms with Crippen LogP contribution in [0.4, 0.5) is 5.95 Å². The third-order valence-corrected chi connectivity index (χ3v) is 5.73. The van der Waals surface area contributed by atoms with Crippen molar-refractivity contribution >= 4 is 11.9 Å². The molecule has 1 unspecified atom stereocenters. The van der Waals surface area contributed by atoms with E-state index in [0.29, 0.717) is 17.8 Å². The van der Waals surface area contributed by atoms with Gasteiger partial charge in [0.25, 0.3) is 0 Å². The summed E-state index contributed by atoms with van der Waals surface area (Å²) in [6, 6.07) is 5.85. The van der Waals surface area contributed by atoms with E-state index in [9.17, 15) is 4.79 Å². The molecule has 27 heavy (non-hydrogen) atoms. The third kappa shape index (κ3) is 4.30. The van der Waals surface area contributed by atoms with Crippen molar-refractivity contribution in [2.75, 3.05) is 31.9 Å². The van der Waals surface area contributed by atoms with Crippen molar-refractivity contribution in [1.82, 2.24) is 19.8 Å². The van der Waals surface area contributed by atoms with Crippen LogP contribution < -0.4 is 5.73 Å². The van der Waals surface area contributed by atoms with E-state index < -0.39 is 0 Å². The van der Waals surface area contributed by atoms with E-state index in [-0.39, 0.29) is 5.92 Å². The maximum atomic E-state index is 13.0. The molecule has 2 N–H and O–H groups in total. The minimum absolute atomic E-state index is 0.0972. The van der Waals surface area contributed by atoms with Gasteiger partial charge in [-0.3, -0.25) is 9.69 Å². The summed E-state index contributed by atoms with van der Waals surface area (Å²) in [4.78, 5) is 25.7. The molecule has 4 heterocycles. The molecule has 0 aliphatic carbocycles. The number of hydrogen-bond donors (Lipinski definition) is 1. The molecule has 2 saturated heterocycles. The fourth-order valence-electron chi connectivity index (χ4n) is 4.29. The Morgan fingerprint density at radius 1 is 1.22 bits per heavy atom. The molecule has 7 heteroatoms. The molecule has 1 amide bonds. The lowest BCUT2D eigenvalue weighted by Crippen LogP contribution is -2.46. The van der Waals surface area contributed by atoms with Gasteiger partial charge in [-0.15, -0.1) is 0 Å². The fourth-order valence-corrected chi connectivity index (χ4v) is 4.29. The lowest BCUT2D eigenvalue weighted by Gasteiger charge is -2.37. The van der Waals surface area contributed by atoms with Gasteiger partial charge >= 0.3 is 0 Å². The molecule has 2 aliphatic rings. The summed E-state index contributed by atoms with van der Waals surface area (Å²) in [5.41, 5.74) is 6.70. The number of aromatic nitrogens is 2. The van der Waals surface area contributed by atoms with Crippen LogP contribution >= 0.6 is 0 Å². The van der Waals surface area contributed by atoms with Crippen LogP contribution in [0.1, 0.15) is 43.1 Å². The Hall–Kier alpha value is -2.41. The summed E-state index contributed by atoms with van der Waals surface area (Å²) in [5, 5.41) is 0. The number of piperidine rings is 2. The molecular formula is C20H27N5O2. The molecule has 2 fully saturated rings. The number of hydrogen-bond acceptors (Lipinski definition) is 6. The molecule has 0 saturated carbocycles. The summed E-state index contributed by atoms with van der Waals surface area (Å²) in [7, 11) is 0. The number of anilines is 1. The van der Waals surface area contributed by atoms with Gasteiger partial charge in [0.05, 0.1) is 18.7 Å². The van der Waals surface area contributed by atoms with Crippen LogP contribution in [0.5, 0.6) is 0 Å². The number of amides is 1. The van der Waals surface area contributed by atoms with E-state index in [1.807, 2.05) is 23.1 Å². The van der Waals surface area contributed by atoms with Crippen LogP contribution in [0, 0.1) is 5.92 Å². The molecular weight excluding hydrogens is 342 g/mol. The summed E-state index contributed by atoms with van der Waals surface area (Å²) < 4.78 is 5.45. The Morgan fingerprint density at radius 2 is 2.07 bits per heavy atom. The highest BCUT2D eigenvalue weighted by Gasteiger charge is 2.32. The molecule has 7 nitrogen and oxygen atoms in total. The van der Waals surface area contributed by atoms with Gasteiger partial charge in [-0.2, -0.15) is 0 Å². The minimum atomic E-state index is 0.0972. The second-order valence-electron chi connectivity index (χ2n) is 7.59. The van der Waals surface area contributed by atoms with Gasteiger partial charge in [0.15, 0.2) is 0 Å². The summed E-state index contributed by atoms with van der Waals surface area (Å²) in [5.74, 6) is 2.05. The Morgan fingerprint density at radius 3 is 2.81 bits per heavy atom. The first-order valence-electron chi connectivity index (χ1n) is 9.81. The van der Waals surface area contributed by atoms with Crippen LogP contribution in [-0.4, -0.2) is 51.9 Å². The van der Waals surface area contributed by atoms with Gasteiger partial charge in [0.2, 0.25) is 11.9 Å². The Kier molecular flexibility index (Phi) is 5.38. The van der Waals surface area contributed by atoms with Gasteiger partial charge < -0.3 is 15.1 Å². The molecule has 0 aromatic carbocycles. The number of carbonyl (C=O) groups excluding carboxylic acids is 1. The topological polar surface area (TPSA) is 88.5 Å². The first kappa shape index (κ1) is 18.0. The third-order valence-electron chi connectivity index (χ3n) is 5.73. The average molecular weight is 369 g/mol. The largest absolute Gasteiger partial charge is 0.468 e. The van der Waals surface area contributed by atoms with Gasteiger partial charge in [0, 0.05) is 37.4 Å². The van der Waals surface area contributed by atoms with Gasteiger partial charge in [-0.25, -0.2) is 9.97 Å². The summed E-state index contributed by atoms with van der Waals surface area (Å²) >= 11 is 0. The van der Waals surface area contributed by atoms with Gasteiger partial charge in [-0.05, 0) is 50.4 Å². The van der Waals surface area contributed by atoms with E-state index in [2.05, 4.69) is 14.9 Å². The van der Waals surface area contributed by atoms with Crippen LogP contribution in [-0.2, 0) is 11.3 Å². The highest BCUT2D eigenvalue weighted by molar-refractivity contribution is 5.79. The SMILES string of the molecule is Nc1nccc(C2CCN(C(=O)C3CCCN(Cc4ccco4)C3)CC2)n1. The van der Waals surface area contributed by atoms with E-state index in [1.54, 1.807) is 12.5 Å². The second kappa shape index (κ2) is 8.08. The molecule has 2 aromatic rings. The van der Waals surface area contributed by atoms with Crippen LogP contribution in [0.15, 0.2) is 35.1 Å². The minimum Gasteiger partial charge on any atom is -0.468 e. The van der Waals surface area contributed by atoms with Crippen molar-refractivity contribution < 1.29 is 9.21 Å². The number of rotatable bonds is 4. The molecule has 4 rings (SSSR count). The predicted octanol–water partition coefficient (Wildman–Crippen LogP) is 2.27. The summed E-state index contributed by atoms with van der Waals surface area (Å²) in [6.07, 6.45) is 7.34.